The van der Waals surface area contributed by atoms with Crippen molar-refractivity contribution in [2.75, 3.05) is 6.54 Å². The van der Waals surface area contributed by atoms with Gasteiger partial charge in [-0.3, -0.25) is 9.59 Å². The van der Waals surface area contributed by atoms with Crippen molar-refractivity contribution in [1.29, 1.82) is 0 Å². The minimum Gasteiger partial charge on any atom is -0.340 e. The fourth-order valence-corrected chi connectivity index (χ4v) is 3.02. The number of nitrogens with one attached hydrogen (secondary N) is 1. The molecular weight excluding hydrogens is 252 g/mol. The molecule has 0 radical (unpaired) electrons. The van der Waals surface area contributed by atoms with Crippen LogP contribution in [0, 0.1) is 11.3 Å². The maximum absolute atomic E-state index is 12.7. The Morgan fingerprint density at radius 1 is 1.30 bits per heavy atom. The quantitative estimate of drug-likeness (QED) is 0.861. The molecule has 0 aromatic rings. The highest BCUT2D eigenvalue weighted by Gasteiger charge is 2.49. The summed E-state index contributed by atoms with van der Waals surface area (Å²) in [5.41, 5.74) is -1.06. The molecule has 2 unspecified atom stereocenters. The average molecular weight is 282 g/mol. The summed E-state index contributed by atoms with van der Waals surface area (Å²) >= 11 is 0. The highest BCUT2D eigenvalue weighted by molar-refractivity contribution is 5.99. The van der Waals surface area contributed by atoms with Gasteiger partial charge in [-0.2, -0.15) is 0 Å². The number of hydrogen-bond acceptors (Lipinski definition) is 2. The van der Waals surface area contributed by atoms with Gasteiger partial charge in [-0.1, -0.05) is 41.0 Å². The van der Waals surface area contributed by atoms with Crippen LogP contribution in [-0.2, 0) is 9.59 Å². The van der Waals surface area contributed by atoms with E-state index in [-0.39, 0.29) is 23.3 Å². The molecule has 0 bridgehead atoms. The Balaban J connectivity index is 3.07. The van der Waals surface area contributed by atoms with Crippen LogP contribution in [-0.4, -0.2) is 34.8 Å². The molecule has 1 heterocycles. The lowest BCUT2D eigenvalue weighted by Crippen LogP contribution is -2.71. The zero-order valence-corrected chi connectivity index (χ0v) is 14.0. The first-order chi connectivity index (χ1) is 9.00. The minimum atomic E-state index is -0.801. The monoisotopic (exact) mass is 282 g/mol. The summed E-state index contributed by atoms with van der Waals surface area (Å²) in [5, 5.41) is 2.87. The van der Waals surface area contributed by atoms with Gasteiger partial charge < -0.3 is 10.2 Å². The van der Waals surface area contributed by atoms with Gasteiger partial charge in [0.2, 0.25) is 11.8 Å². The molecule has 0 aromatic carbocycles. The smallest absolute Gasteiger partial charge is 0.248 e. The van der Waals surface area contributed by atoms with Crippen molar-refractivity contribution in [1.82, 2.24) is 10.2 Å². The van der Waals surface area contributed by atoms with E-state index >= 15 is 0 Å². The van der Waals surface area contributed by atoms with Gasteiger partial charge >= 0.3 is 0 Å². The lowest BCUT2D eigenvalue weighted by Gasteiger charge is -2.48. The molecule has 20 heavy (non-hydrogen) atoms. The lowest BCUT2D eigenvalue weighted by atomic mass is 9.81. The molecule has 4 nitrogen and oxygen atoms in total. The molecule has 1 aliphatic rings. The van der Waals surface area contributed by atoms with Crippen molar-refractivity contribution < 1.29 is 9.59 Å². The topological polar surface area (TPSA) is 49.4 Å². The summed E-state index contributed by atoms with van der Waals surface area (Å²) in [4.78, 5) is 27.0. The number of carbonyl (C=O) groups excluding carboxylic acids is 2. The summed E-state index contributed by atoms with van der Waals surface area (Å²) in [7, 11) is 0. The van der Waals surface area contributed by atoms with Crippen molar-refractivity contribution >= 4 is 11.8 Å². The van der Waals surface area contributed by atoms with E-state index in [2.05, 4.69) is 19.2 Å². The number of hydrogen-bond donors (Lipinski definition) is 1. The van der Waals surface area contributed by atoms with Gasteiger partial charge in [0.05, 0.1) is 0 Å². The predicted molar refractivity (Wildman–Crippen MR) is 81.2 cm³/mol. The summed E-state index contributed by atoms with van der Waals surface area (Å²) in [5.74, 6) is 0.404. The molecule has 1 saturated heterocycles. The summed E-state index contributed by atoms with van der Waals surface area (Å²) < 4.78 is 0. The number of nitrogens with zero attached hydrogens (tertiary/aromatic N) is 1. The van der Waals surface area contributed by atoms with Gasteiger partial charge in [-0.15, -0.1) is 0 Å². The van der Waals surface area contributed by atoms with Gasteiger partial charge in [0.1, 0.15) is 11.6 Å². The van der Waals surface area contributed by atoms with E-state index in [0.29, 0.717) is 12.5 Å². The third-order valence-corrected chi connectivity index (χ3v) is 3.90. The Labute approximate surface area is 123 Å². The van der Waals surface area contributed by atoms with Gasteiger partial charge in [0.25, 0.3) is 0 Å². The van der Waals surface area contributed by atoms with E-state index in [4.69, 9.17) is 0 Å². The Bertz CT molecular complexity index is 382. The van der Waals surface area contributed by atoms with Crippen LogP contribution in [0.1, 0.15) is 61.3 Å². The van der Waals surface area contributed by atoms with E-state index in [9.17, 15) is 9.59 Å². The second kappa shape index (κ2) is 5.74. The normalized spacial score (nSPS) is 24.6. The van der Waals surface area contributed by atoms with E-state index < -0.39 is 5.54 Å². The van der Waals surface area contributed by atoms with E-state index in [1.807, 2.05) is 20.8 Å². The van der Waals surface area contributed by atoms with Crippen molar-refractivity contribution in [2.24, 2.45) is 11.3 Å². The lowest BCUT2D eigenvalue weighted by molar-refractivity contribution is -0.158. The van der Waals surface area contributed by atoms with Crippen molar-refractivity contribution in [3.05, 3.63) is 0 Å². The zero-order chi connectivity index (χ0) is 15.7. The highest BCUT2D eigenvalue weighted by atomic mass is 16.2. The van der Waals surface area contributed by atoms with Gasteiger partial charge in [-0.25, -0.2) is 0 Å². The van der Waals surface area contributed by atoms with Crippen molar-refractivity contribution in [2.45, 2.75) is 72.9 Å². The third kappa shape index (κ3) is 3.53. The second-order valence-electron chi connectivity index (χ2n) is 7.73. The molecular formula is C16H30N2O2. The van der Waals surface area contributed by atoms with Crippen LogP contribution in [0.15, 0.2) is 0 Å². The van der Waals surface area contributed by atoms with Crippen LogP contribution in [0.3, 0.4) is 0 Å². The molecule has 2 amide bonds. The summed E-state index contributed by atoms with van der Waals surface area (Å²) in [6.45, 7) is 14.6. The average Bonchev–Trinajstić information content (AvgIpc) is 2.23. The van der Waals surface area contributed by atoms with Gasteiger partial charge in [0.15, 0.2) is 0 Å². The Kier molecular flexibility index (Phi) is 4.88. The van der Waals surface area contributed by atoms with Crippen LogP contribution in [0.4, 0.5) is 0 Å². The molecule has 0 saturated carbocycles. The molecule has 1 aliphatic heterocycles. The first kappa shape index (κ1) is 17.0. The zero-order valence-electron chi connectivity index (χ0n) is 14.0. The van der Waals surface area contributed by atoms with Crippen LogP contribution < -0.4 is 5.32 Å². The Hall–Kier alpha value is -1.06. The fraction of sp³-hybridized carbons (Fsp3) is 0.875. The SMILES string of the molecule is CCCC(C)CN1C(=O)C(C)(C)NC(=O)C1C(C)(C)C. The molecule has 0 aliphatic carbocycles. The highest BCUT2D eigenvalue weighted by Crippen LogP contribution is 2.31. The van der Waals surface area contributed by atoms with Gasteiger partial charge in [-0.05, 0) is 31.6 Å². The molecule has 0 spiro atoms. The molecule has 116 valence electrons. The van der Waals surface area contributed by atoms with Crippen LogP contribution in [0.5, 0.6) is 0 Å². The number of rotatable bonds is 4. The standard InChI is InChI=1S/C16H30N2O2/c1-8-9-11(2)10-18-12(15(3,4)5)13(19)17-16(6,7)14(18)20/h11-12H,8-10H2,1-7H3,(H,17,19). The van der Waals surface area contributed by atoms with Crippen LogP contribution in [0.2, 0.25) is 0 Å². The maximum atomic E-state index is 12.7. The van der Waals surface area contributed by atoms with E-state index in [1.165, 1.54) is 0 Å². The van der Waals surface area contributed by atoms with Crippen molar-refractivity contribution in [3.63, 3.8) is 0 Å². The third-order valence-electron chi connectivity index (χ3n) is 3.90. The predicted octanol–water partition coefficient (Wildman–Crippen LogP) is 2.57. The number of piperazine rings is 1. The van der Waals surface area contributed by atoms with Crippen LogP contribution in [0.25, 0.3) is 0 Å². The van der Waals surface area contributed by atoms with E-state index in [0.717, 1.165) is 12.8 Å². The minimum absolute atomic E-state index is 0.0278. The molecule has 2 atom stereocenters. The van der Waals surface area contributed by atoms with Crippen LogP contribution >= 0.6 is 0 Å². The van der Waals surface area contributed by atoms with E-state index in [1.54, 1.807) is 18.7 Å². The molecule has 4 heteroatoms. The first-order valence-electron chi connectivity index (χ1n) is 7.63. The fourth-order valence-electron chi connectivity index (χ4n) is 3.02. The molecule has 1 N–H and O–H groups in total. The Morgan fingerprint density at radius 3 is 2.30 bits per heavy atom. The second-order valence-corrected chi connectivity index (χ2v) is 7.73. The summed E-state index contributed by atoms with van der Waals surface area (Å²) in [6.07, 6.45) is 2.17. The largest absolute Gasteiger partial charge is 0.340 e. The number of carbonyl (C=O) groups is 2. The molecule has 1 fully saturated rings. The van der Waals surface area contributed by atoms with Gasteiger partial charge in [0, 0.05) is 6.54 Å². The molecule has 0 aromatic heterocycles. The summed E-state index contributed by atoms with van der Waals surface area (Å²) in [6, 6.07) is -0.387. The van der Waals surface area contributed by atoms with Crippen molar-refractivity contribution in [3.8, 4) is 0 Å². The molecule has 1 rings (SSSR count). The maximum Gasteiger partial charge on any atom is 0.248 e. The first-order valence-corrected chi connectivity index (χ1v) is 7.63. The number of amides is 2. The Morgan fingerprint density at radius 2 is 1.85 bits per heavy atom.